The molecule has 1 amide bonds. The Morgan fingerprint density at radius 3 is 2.89 bits per heavy atom. The van der Waals surface area contributed by atoms with E-state index in [4.69, 9.17) is 4.74 Å². The molecule has 2 rings (SSSR count). The first-order valence-electron chi connectivity index (χ1n) is 6.37. The highest BCUT2D eigenvalue weighted by Gasteiger charge is 2.28. The largest absolute Gasteiger partial charge is 0.491 e. The normalized spacial score (nSPS) is 16.6. The molecule has 5 heteroatoms. The number of rotatable bonds is 2. The molecule has 0 spiro atoms. The molecule has 1 atom stereocenters. The van der Waals surface area contributed by atoms with E-state index in [1.165, 1.54) is 11.0 Å². The highest BCUT2D eigenvalue weighted by molar-refractivity contribution is 5.81. The Morgan fingerprint density at radius 2 is 2.21 bits per heavy atom. The average Bonchev–Trinajstić information content (AvgIpc) is 2.60. The molecule has 0 aromatic heterocycles. The second-order valence-electron chi connectivity index (χ2n) is 5.01. The molecule has 1 N–H and O–H groups in total. The van der Waals surface area contributed by atoms with Gasteiger partial charge in [0, 0.05) is 5.56 Å². The predicted octanol–water partition coefficient (Wildman–Crippen LogP) is 1.56. The van der Waals surface area contributed by atoms with Crippen molar-refractivity contribution in [2.75, 3.05) is 13.2 Å². The number of carbonyl (C=O) groups excluding carboxylic acids is 1. The fourth-order valence-corrected chi connectivity index (χ4v) is 2.02. The third kappa shape index (κ3) is 2.87. The summed E-state index contributed by atoms with van der Waals surface area (Å²) in [6.07, 6.45) is -1.06. The van der Waals surface area contributed by atoms with Gasteiger partial charge in [0.05, 0.1) is 13.1 Å². The van der Waals surface area contributed by atoms with Crippen LogP contribution in [0.5, 0.6) is 5.75 Å². The summed E-state index contributed by atoms with van der Waals surface area (Å²) in [6, 6.07) is 4.61. The molecular formula is C14H18FNO3. The van der Waals surface area contributed by atoms with Gasteiger partial charge in [-0.2, -0.15) is 0 Å². The van der Waals surface area contributed by atoms with Gasteiger partial charge in [0.25, 0.3) is 5.91 Å². The van der Waals surface area contributed by atoms with Crippen LogP contribution in [0.2, 0.25) is 0 Å². The van der Waals surface area contributed by atoms with Crippen LogP contribution in [-0.4, -0.2) is 35.2 Å². The van der Waals surface area contributed by atoms with E-state index in [0.29, 0.717) is 24.5 Å². The van der Waals surface area contributed by atoms with E-state index >= 15 is 0 Å². The number of hydrogen-bond donors (Lipinski definition) is 1. The zero-order chi connectivity index (χ0) is 14.0. The summed E-state index contributed by atoms with van der Waals surface area (Å²) in [5.41, 5.74) is 0.365. The maximum atomic E-state index is 13.8. The van der Waals surface area contributed by atoms with E-state index in [-0.39, 0.29) is 18.4 Å². The number of carbonyl (C=O) groups is 1. The number of benzene rings is 1. The van der Waals surface area contributed by atoms with E-state index < -0.39 is 11.9 Å². The van der Waals surface area contributed by atoms with Crippen LogP contribution in [0, 0.1) is 11.7 Å². The number of amides is 1. The molecule has 0 aliphatic carbocycles. The molecule has 1 aliphatic rings. The minimum absolute atomic E-state index is 0.130. The molecule has 4 nitrogen and oxygen atoms in total. The molecule has 0 bridgehead atoms. The number of halogens is 1. The topological polar surface area (TPSA) is 49.8 Å². The van der Waals surface area contributed by atoms with Crippen LogP contribution in [0.25, 0.3) is 0 Å². The van der Waals surface area contributed by atoms with Crippen LogP contribution >= 0.6 is 0 Å². The van der Waals surface area contributed by atoms with Crippen molar-refractivity contribution in [1.29, 1.82) is 0 Å². The number of ether oxygens (including phenoxy) is 1. The summed E-state index contributed by atoms with van der Waals surface area (Å²) in [6.45, 7) is 4.31. The SMILES string of the molecule is CC(C)[C@@H](O)C(=O)N1CCOc2cccc(F)c2C1. The molecule has 19 heavy (non-hydrogen) atoms. The number of nitrogens with zero attached hydrogens (tertiary/aromatic N) is 1. The summed E-state index contributed by atoms with van der Waals surface area (Å²) >= 11 is 0. The Morgan fingerprint density at radius 1 is 1.47 bits per heavy atom. The van der Waals surface area contributed by atoms with Gasteiger partial charge in [0.2, 0.25) is 0 Å². The molecule has 0 saturated carbocycles. The number of hydrogen-bond acceptors (Lipinski definition) is 3. The molecule has 1 aliphatic heterocycles. The molecule has 0 fully saturated rings. The zero-order valence-electron chi connectivity index (χ0n) is 11.1. The Kier molecular flexibility index (Phi) is 4.04. The monoisotopic (exact) mass is 267 g/mol. The van der Waals surface area contributed by atoms with Crippen molar-refractivity contribution in [3.05, 3.63) is 29.6 Å². The maximum Gasteiger partial charge on any atom is 0.252 e. The first-order chi connectivity index (χ1) is 9.00. The van der Waals surface area contributed by atoms with E-state index in [0.717, 1.165) is 0 Å². The van der Waals surface area contributed by atoms with Gasteiger partial charge in [-0.05, 0) is 18.1 Å². The van der Waals surface area contributed by atoms with Gasteiger partial charge in [-0.15, -0.1) is 0 Å². The first kappa shape index (κ1) is 13.8. The Hall–Kier alpha value is -1.62. The van der Waals surface area contributed by atoms with E-state index in [2.05, 4.69) is 0 Å². The lowest BCUT2D eigenvalue weighted by Gasteiger charge is -2.24. The summed E-state index contributed by atoms with van der Waals surface area (Å²) in [4.78, 5) is 13.6. The van der Waals surface area contributed by atoms with Gasteiger partial charge in [-0.25, -0.2) is 4.39 Å². The number of aliphatic hydroxyl groups excluding tert-OH is 1. The van der Waals surface area contributed by atoms with E-state index in [1.54, 1.807) is 26.0 Å². The van der Waals surface area contributed by atoms with E-state index in [9.17, 15) is 14.3 Å². The van der Waals surface area contributed by atoms with Crippen molar-refractivity contribution in [3.63, 3.8) is 0 Å². The molecule has 1 aromatic carbocycles. The van der Waals surface area contributed by atoms with Gasteiger partial charge >= 0.3 is 0 Å². The van der Waals surface area contributed by atoms with E-state index in [1.807, 2.05) is 0 Å². The predicted molar refractivity (Wildman–Crippen MR) is 68.2 cm³/mol. The van der Waals surface area contributed by atoms with Crippen LogP contribution in [0.1, 0.15) is 19.4 Å². The Bertz CT molecular complexity index is 476. The molecule has 0 saturated heterocycles. The van der Waals surface area contributed by atoms with Gasteiger partial charge in [0.15, 0.2) is 0 Å². The quantitative estimate of drug-likeness (QED) is 0.884. The van der Waals surface area contributed by atoms with Gasteiger partial charge in [-0.1, -0.05) is 19.9 Å². The molecule has 104 valence electrons. The highest BCUT2D eigenvalue weighted by Crippen LogP contribution is 2.26. The second-order valence-corrected chi connectivity index (χ2v) is 5.01. The third-order valence-corrected chi connectivity index (χ3v) is 3.24. The number of fused-ring (bicyclic) bond motifs is 1. The summed E-state index contributed by atoms with van der Waals surface area (Å²) in [5, 5.41) is 9.83. The molecular weight excluding hydrogens is 249 g/mol. The van der Waals surface area contributed by atoms with Crippen LogP contribution in [0.15, 0.2) is 18.2 Å². The van der Waals surface area contributed by atoms with Crippen LogP contribution in [0.4, 0.5) is 4.39 Å². The van der Waals surface area contributed by atoms with Crippen molar-refractivity contribution < 1.29 is 19.0 Å². The van der Waals surface area contributed by atoms with Crippen LogP contribution < -0.4 is 4.74 Å². The molecule has 0 radical (unpaired) electrons. The van der Waals surface area contributed by atoms with Gasteiger partial charge in [-0.3, -0.25) is 4.79 Å². The van der Waals surface area contributed by atoms with Gasteiger partial charge in [0.1, 0.15) is 24.3 Å². The average molecular weight is 267 g/mol. The van der Waals surface area contributed by atoms with Crippen molar-refractivity contribution in [2.45, 2.75) is 26.5 Å². The smallest absolute Gasteiger partial charge is 0.252 e. The fraction of sp³-hybridized carbons (Fsp3) is 0.500. The molecule has 1 aromatic rings. The van der Waals surface area contributed by atoms with Crippen molar-refractivity contribution in [3.8, 4) is 5.75 Å². The minimum Gasteiger partial charge on any atom is -0.491 e. The number of aliphatic hydroxyl groups is 1. The Labute approximate surface area is 111 Å². The van der Waals surface area contributed by atoms with Crippen molar-refractivity contribution >= 4 is 5.91 Å². The lowest BCUT2D eigenvalue weighted by Crippen LogP contribution is -2.42. The third-order valence-electron chi connectivity index (χ3n) is 3.24. The van der Waals surface area contributed by atoms with Crippen LogP contribution in [-0.2, 0) is 11.3 Å². The lowest BCUT2D eigenvalue weighted by atomic mass is 10.1. The molecule has 1 heterocycles. The standard InChI is InChI=1S/C14H18FNO3/c1-9(2)13(17)14(18)16-6-7-19-12-5-3-4-11(15)10(12)8-16/h3-5,9,13,17H,6-8H2,1-2H3/t13-/m1/s1. The van der Waals surface area contributed by atoms with Crippen molar-refractivity contribution in [2.24, 2.45) is 5.92 Å². The fourth-order valence-electron chi connectivity index (χ4n) is 2.02. The minimum atomic E-state index is -1.06. The Balaban J connectivity index is 2.22. The summed E-state index contributed by atoms with van der Waals surface area (Å²) in [5.74, 6) is -0.475. The maximum absolute atomic E-state index is 13.8. The van der Waals surface area contributed by atoms with Crippen LogP contribution in [0.3, 0.4) is 0 Å². The summed E-state index contributed by atoms with van der Waals surface area (Å²) < 4.78 is 19.2. The molecule has 0 unspecified atom stereocenters. The summed E-state index contributed by atoms with van der Waals surface area (Å²) in [7, 11) is 0. The highest BCUT2D eigenvalue weighted by atomic mass is 19.1. The first-order valence-corrected chi connectivity index (χ1v) is 6.37. The second kappa shape index (κ2) is 5.57. The van der Waals surface area contributed by atoms with Crippen molar-refractivity contribution in [1.82, 2.24) is 4.90 Å². The zero-order valence-corrected chi connectivity index (χ0v) is 11.1. The lowest BCUT2D eigenvalue weighted by molar-refractivity contribution is -0.143. The van der Waals surface area contributed by atoms with Gasteiger partial charge < -0.3 is 14.7 Å².